The summed E-state index contributed by atoms with van der Waals surface area (Å²) >= 11 is 0. The van der Waals surface area contributed by atoms with Gasteiger partial charge in [-0.15, -0.1) is 0 Å². The van der Waals surface area contributed by atoms with Crippen molar-refractivity contribution < 1.29 is 19.0 Å². The Morgan fingerprint density at radius 2 is 2.20 bits per heavy atom. The van der Waals surface area contributed by atoms with Crippen LogP contribution in [0.25, 0.3) is 0 Å². The van der Waals surface area contributed by atoms with Crippen molar-refractivity contribution in [3.8, 4) is 5.75 Å². The number of hydrogen-bond acceptors (Lipinski definition) is 6. The van der Waals surface area contributed by atoms with Crippen LogP contribution in [0.4, 0.5) is 22.0 Å². The molecule has 2 aromatic rings. The van der Waals surface area contributed by atoms with Crippen molar-refractivity contribution in [1.29, 1.82) is 0 Å². The zero-order chi connectivity index (χ0) is 14.5. The van der Waals surface area contributed by atoms with Crippen molar-refractivity contribution in [2.24, 2.45) is 0 Å². The first kappa shape index (κ1) is 13.3. The number of urea groups is 1. The Balaban J connectivity index is 2.16. The average molecular weight is 278 g/mol. The fourth-order valence-electron chi connectivity index (χ4n) is 1.45. The first-order chi connectivity index (χ1) is 9.60. The zero-order valence-electron chi connectivity index (χ0n) is 10.3. The number of carbonyl (C=O) groups excluding carboxylic acids is 1. The SMILES string of the molecule is COc1ccc([N+](=O)[O-])cc1NC(=O)Nc1ccon1. The third kappa shape index (κ3) is 3.02. The Morgan fingerprint density at radius 3 is 2.80 bits per heavy atom. The number of rotatable bonds is 4. The maximum absolute atomic E-state index is 11.7. The number of non-ortho nitro benzene ring substituents is 1. The lowest BCUT2D eigenvalue weighted by molar-refractivity contribution is -0.384. The normalized spacial score (nSPS) is 9.85. The molecule has 0 atom stereocenters. The molecular formula is C11H10N4O5. The van der Waals surface area contributed by atoms with Crippen LogP contribution in [0.15, 0.2) is 35.1 Å². The predicted molar refractivity (Wildman–Crippen MR) is 68.8 cm³/mol. The Morgan fingerprint density at radius 1 is 1.40 bits per heavy atom. The lowest BCUT2D eigenvalue weighted by atomic mass is 10.2. The number of nitro benzene ring substituents is 1. The van der Waals surface area contributed by atoms with Gasteiger partial charge in [0.15, 0.2) is 5.82 Å². The van der Waals surface area contributed by atoms with Crippen molar-refractivity contribution in [3.05, 3.63) is 40.6 Å². The maximum atomic E-state index is 11.7. The highest BCUT2D eigenvalue weighted by atomic mass is 16.6. The van der Waals surface area contributed by atoms with E-state index in [2.05, 4.69) is 20.3 Å². The van der Waals surface area contributed by atoms with Crippen LogP contribution in [0.5, 0.6) is 5.75 Å². The molecule has 1 aromatic carbocycles. The summed E-state index contributed by atoms with van der Waals surface area (Å²) in [5.41, 5.74) is 0.00484. The largest absolute Gasteiger partial charge is 0.495 e. The van der Waals surface area contributed by atoms with E-state index in [1.165, 1.54) is 37.6 Å². The van der Waals surface area contributed by atoms with Crippen LogP contribution in [0.2, 0.25) is 0 Å². The van der Waals surface area contributed by atoms with E-state index in [0.717, 1.165) is 0 Å². The molecule has 0 saturated heterocycles. The maximum Gasteiger partial charge on any atom is 0.325 e. The highest BCUT2D eigenvalue weighted by Crippen LogP contribution is 2.28. The Labute approximate surface area is 112 Å². The topological polar surface area (TPSA) is 120 Å². The molecule has 0 fully saturated rings. The highest BCUT2D eigenvalue weighted by Gasteiger charge is 2.14. The molecule has 0 radical (unpaired) electrons. The predicted octanol–water partition coefficient (Wildman–Crippen LogP) is 2.24. The number of nitrogens with one attached hydrogen (secondary N) is 2. The fourth-order valence-corrected chi connectivity index (χ4v) is 1.45. The molecule has 0 aliphatic heterocycles. The van der Waals surface area contributed by atoms with Crippen LogP contribution in [-0.4, -0.2) is 23.2 Å². The third-order valence-corrected chi connectivity index (χ3v) is 2.32. The Hall–Kier alpha value is -3.10. The van der Waals surface area contributed by atoms with Crippen molar-refractivity contribution in [3.63, 3.8) is 0 Å². The molecule has 104 valence electrons. The Kier molecular flexibility index (Phi) is 3.80. The molecule has 1 aromatic heterocycles. The molecule has 2 amide bonds. The summed E-state index contributed by atoms with van der Waals surface area (Å²) in [5.74, 6) is 0.512. The smallest absolute Gasteiger partial charge is 0.325 e. The average Bonchev–Trinajstić information content (AvgIpc) is 2.91. The molecule has 0 aliphatic carbocycles. The number of methoxy groups -OCH3 is 1. The molecule has 0 saturated carbocycles. The van der Waals surface area contributed by atoms with Crippen LogP contribution in [0, 0.1) is 10.1 Å². The van der Waals surface area contributed by atoms with Gasteiger partial charge in [0.2, 0.25) is 0 Å². The van der Waals surface area contributed by atoms with Gasteiger partial charge in [-0.3, -0.25) is 15.4 Å². The van der Waals surface area contributed by atoms with Crippen LogP contribution in [0.1, 0.15) is 0 Å². The van der Waals surface area contributed by atoms with Gasteiger partial charge in [-0.2, -0.15) is 0 Å². The fraction of sp³-hybridized carbons (Fsp3) is 0.0909. The first-order valence-corrected chi connectivity index (χ1v) is 5.41. The number of carbonyl (C=O) groups is 1. The molecule has 0 unspecified atom stereocenters. The number of anilines is 2. The van der Waals surface area contributed by atoms with Gasteiger partial charge in [0.05, 0.1) is 17.7 Å². The number of amides is 2. The molecule has 1 heterocycles. The summed E-state index contributed by atoms with van der Waals surface area (Å²) in [6.07, 6.45) is 1.30. The Bertz CT molecular complexity index is 626. The number of aromatic nitrogens is 1. The monoisotopic (exact) mass is 278 g/mol. The van der Waals surface area contributed by atoms with E-state index in [4.69, 9.17) is 4.74 Å². The minimum atomic E-state index is -0.627. The van der Waals surface area contributed by atoms with Crippen molar-refractivity contribution >= 4 is 23.2 Å². The summed E-state index contributed by atoms with van der Waals surface area (Å²) < 4.78 is 9.57. The van der Waals surface area contributed by atoms with Crippen LogP contribution < -0.4 is 15.4 Å². The molecule has 0 aliphatic rings. The van der Waals surface area contributed by atoms with Gasteiger partial charge in [0.25, 0.3) is 5.69 Å². The highest BCUT2D eigenvalue weighted by molar-refractivity contribution is 6.00. The summed E-state index contributed by atoms with van der Waals surface area (Å²) in [6, 6.07) is 4.69. The van der Waals surface area contributed by atoms with Gasteiger partial charge in [-0.05, 0) is 6.07 Å². The molecule has 0 bridgehead atoms. The lowest BCUT2D eigenvalue weighted by Gasteiger charge is -2.09. The lowest BCUT2D eigenvalue weighted by Crippen LogP contribution is -2.20. The van der Waals surface area contributed by atoms with Gasteiger partial charge in [-0.25, -0.2) is 4.79 Å². The molecular weight excluding hydrogens is 268 g/mol. The van der Waals surface area contributed by atoms with Gasteiger partial charge in [0, 0.05) is 18.2 Å². The van der Waals surface area contributed by atoms with Crippen LogP contribution in [0.3, 0.4) is 0 Å². The van der Waals surface area contributed by atoms with E-state index >= 15 is 0 Å². The minimum absolute atomic E-state index is 0.164. The van der Waals surface area contributed by atoms with Gasteiger partial charge >= 0.3 is 6.03 Å². The second-order valence-electron chi connectivity index (χ2n) is 3.61. The van der Waals surface area contributed by atoms with Crippen LogP contribution in [-0.2, 0) is 0 Å². The number of hydrogen-bond donors (Lipinski definition) is 2. The van der Waals surface area contributed by atoms with E-state index in [-0.39, 0.29) is 17.2 Å². The van der Waals surface area contributed by atoms with Gasteiger partial charge in [-0.1, -0.05) is 5.16 Å². The summed E-state index contributed by atoms with van der Waals surface area (Å²) in [4.78, 5) is 21.8. The molecule has 2 N–H and O–H groups in total. The van der Waals surface area contributed by atoms with Crippen LogP contribution >= 0.6 is 0 Å². The summed E-state index contributed by atoms with van der Waals surface area (Å²) in [7, 11) is 1.39. The summed E-state index contributed by atoms with van der Waals surface area (Å²) in [5, 5.41) is 19.0. The van der Waals surface area contributed by atoms with E-state index in [0.29, 0.717) is 5.75 Å². The second-order valence-corrected chi connectivity index (χ2v) is 3.61. The minimum Gasteiger partial charge on any atom is -0.495 e. The summed E-state index contributed by atoms with van der Waals surface area (Å²) in [6.45, 7) is 0. The zero-order valence-corrected chi connectivity index (χ0v) is 10.3. The van der Waals surface area contributed by atoms with E-state index < -0.39 is 11.0 Å². The molecule has 9 heteroatoms. The first-order valence-electron chi connectivity index (χ1n) is 5.41. The van der Waals surface area contributed by atoms with Crippen molar-refractivity contribution in [1.82, 2.24) is 5.16 Å². The van der Waals surface area contributed by atoms with Gasteiger partial charge in [0.1, 0.15) is 12.0 Å². The molecule has 2 rings (SSSR count). The molecule has 0 spiro atoms. The van der Waals surface area contributed by atoms with Crippen molar-refractivity contribution in [2.75, 3.05) is 17.7 Å². The van der Waals surface area contributed by atoms with E-state index in [1.54, 1.807) is 0 Å². The second kappa shape index (κ2) is 5.69. The third-order valence-electron chi connectivity index (χ3n) is 2.32. The molecule has 20 heavy (non-hydrogen) atoms. The number of nitrogens with zero attached hydrogens (tertiary/aromatic N) is 2. The standard InChI is InChI=1S/C11H10N4O5/c1-19-9-3-2-7(15(17)18)6-8(9)12-11(16)13-10-4-5-20-14-10/h2-6H,1H3,(H2,12,13,14,16). The number of nitro groups is 1. The quantitative estimate of drug-likeness (QED) is 0.653. The number of ether oxygens (including phenoxy) is 1. The number of benzene rings is 1. The van der Waals surface area contributed by atoms with E-state index in [1.807, 2.05) is 0 Å². The van der Waals surface area contributed by atoms with Crippen molar-refractivity contribution in [2.45, 2.75) is 0 Å². The molecule has 9 nitrogen and oxygen atoms in total. The van der Waals surface area contributed by atoms with Gasteiger partial charge < -0.3 is 14.6 Å². The van der Waals surface area contributed by atoms with E-state index in [9.17, 15) is 14.9 Å².